The van der Waals surface area contributed by atoms with Gasteiger partial charge in [-0.3, -0.25) is 0 Å². The quantitative estimate of drug-likeness (QED) is 0.793. The van der Waals surface area contributed by atoms with Crippen LogP contribution in [0.5, 0.6) is 0 Å². The first-order chi connectivity index (χ1) is 8.27. The van der Waals surface area contributed by atoms with Crippen molar-refractivity contribution in [3.05, 3.63) is 47.8 Å². The Morgan fingerprint density at radius 1 is 1.24 bits per heavy atom. The lowest BCUT2D eigenvalue weighted by molar-refractivity contribution is 0.610. The number of halogens is 1. The number of fused-ring (bicyclic) bond motifs is 1. The summed E-state index contributed by atoms with van der Waals surface area (Å²) in [6, 6.07) is 10.8. The lowest BCUT2D eigenvalue weighted by Crippen LogP contribution is -2.16. The van der Waals surface area contributed by atoms with E-state index in [2.05, 4.69) is 11.2 Å². The predicted molar refractivity (Wildman–Crippen MR) is 69.2 cm³/mol. The summed E-state index contributed by atoms with van der Waals surface area (Å²) in [7, 11) is 1.86. The number of nitrogens with one attached hydrogen (secondary N) is 1. The number of terminal acetylenes is 1. The lowest BCUT2D eigenvalue weighted by Gasteiger charge is -2.16. The molecule has 0 bridgehead atoms. The molecule has 0 radical (unpaired) electrons. The SMILES string of the molecule is C#CCC(NC)c1ccc(F)c2ccccc12. The first-order valence-corrected chi connectivity index (χ1v) is 5.55. The highest BCUT2D eigenvalue weighted by Gasteiger charge is 2.12. The molecule has 0 heterocycles. The highest BCUT2D eigenvalue weighted by molar-refractivity contribution is 5.86. The fraction of sp³-hybridized carbons (Fsp3) is 0.200. The topological polar surface area (TPSA) is 12.0 Å². The molecule has 0 amide bonds. The summed E-state index contributed by atoms with van der Waals surface area (Å²) < 4.78 is 13.7. The molecule has 0 aromatic heterocycles. The van der Waals surface area contributed by atoms with Crippen molar-refractivity contribution in [1.29, 1.82) is 0 Å². The molecule has 0 fully saturated rings. The maximum atomic E-state index is 13.7. The van der Waals surface area contributed by atoms with Gasteiger partial charge in [0.15, 0.2) is 0 Å². The second-order valence-corrected chi connectivity index (χ2v) is 3.93. The molecule has 2 rings (SSSR count). The minimum Gasteiger partial charge on any atom is -0.312 e. The van der Waals surface area contributed by atoms with E-state index in [0.29, 0.717) is 11.8 Å². The van der Waals surface area contributed by atoms with Crippen LogP contribution in [0.2, 0.25) is 0 Å². The Morgan fingerprint density at radius 2 is 1.94 bits per heavy atom. The summed E-state index contributed by atoms with van der Waals surface area (Å²) in [6.45, 7) is 0. The highest BCUT2D eigenvalue weighted by Crippen LogP contribution is 2.27. The van der Waals surface area contributed by atoms with Crippen molar-refractivity contribution >= 4 is 10.8 Å². The molecule has 1 N–H and O–H groups in total. The van der Waals surface area contributed by atoms with Crippen LogP contribution in [0, 0.1) is 18.2 Å². The Labute approximate surface area is 101 Å². The summed E-state index contributed by atoms with van der Waals surface area (Å²) in [5.74, 6) is 2.45. The second-order valence-electron chi connectivity index (χ2n) is 3.93. The van der Waals surface area contributed by atoms with E-state index in [1.807, 2.05) is 25.2 Å². The van der Waals surface area contributed by atoms with Crippen LogP contribution in [0.25, 0.3) is 10.8 Å². The van der Waals surface area contributed by atoms with Crippen LogP contribution in [0.4, 0.5) is 4.39 Å². The summed E-state index contributed by atoms with van der Waals surface area (Å²) in [5.41, 5.74) is 1.04. The normalized spacial score (nSPS) is 12.3. The van der Waals surface area contributed by atoms with Gasteiger partial charge >= 0.3 is 0 Å². The van der Waals surface area contributed by atoms with Gasteiger partial charge in [-0.25, -0.2) is 4.39 Å². The zero-order valence-corrected chi connectivity index (χ0v) is 9.70. The highest BCUT2D eigenvalue weighted by atomic mass is 19.1. The average Bonchev–Trinajstić information content (AvgIpc) is 2.37. The molecule has 2 aromatic carbocycles. The van der Waals surface area contributed by atoms with Crippen LogP contribution in [0.1, 0.15) is 18.0 Å². The monoisotopic (exact) mass is 227 g/mol. The molecule has 0 aliphatic carbocycles. The number of rotatable bonds is 3. The summed E-state index contributed by atoms with van der Waals surface area (Å²) in [5, 5.41) is 4.73. The molecular weight excluding hydrogens is 213 g/mol. The Morgan fingerprint density at radius 3 is 2.59 bits per heavy atom. The summed E-state index contributed by atoms with van der Waals surface area (Å²) >= 11 is 0. The van der Waals surface area contributed by atoms with Gasteiger partial charge in [0.1, 0.15) is 5.82 Å². The van der Waals surface area contributed by atoms with Gasteiger partial charge in [-0.2, -0.15) is 0 Å². The molecule has 0 saturated carbocycles. The molecular formula is C15H14FN. The van der Waals surface area contributed by atoms with Gasteiger partial charge < -0.3 is 5.32 Å². The van der Waals surface area contributed by atoms with Crippen molar-refractivity contribution in [3.8, 4) is 12.3 Å². The van der Waals surface area contributed by atoms with Crippen molar-refractivity contribution in [3.63, 3.8) is 0 Å². The Bertz CT molecular complexity index is 569. The van der Waals surface area contributed by atoms with Gasteiger partial charge in [0, 0.05) is 17.8 Å². The average molecular weight is 227 g/mol. The molecule has 1 atom stereocenters. The molecule has 1 nitrogen and oxygen atoms in total. The third-order valence-corrected chi connectivity index (χ3v) is 2.95. The number of benzene rings is 2. The van der Waals surface area contributed by atoms with Gasteiger partial charge in [-0.15, -0.1) is 12.3 Å². The van der Waals surface area contributed by atoms with E-state index < -0.39 is 0 Å². The molecule has 17 heavy (non-hydrogen) atoms. The van der Waals surface area contributed by atoms with Crippen molar-refractivity contribution in [2.75, 3.05) is 7.05 Å². The zero-order valence-electron chi connectivity index (χ0n) is 9.70. The number of hydrogen-bond acceptors (Lipinski definition) is 1. The van der Waals surface area contributed by atoms with Crippen LogP contribution in [0.3, 0.4) is 0 Å². The molecule has 1 unspecified atom stereocenters. The van der Waals surface area contributed by atoms with E-state index in [4.69, 9.17) is 6.42 Å². The maximum Gasteiger partial charge on any atom is 0.131 e. The third kappa shape index (κ3) is 2.15. The van der Waals surface area contributed by atoms with Crippen LogP contribution >= 0.6 is 0 Å². The fourth-order valence-electron chi connectivity index (χ4n) is 2.07. The Hall–Kier alpha value is -1.85. The van der Waals surface area contributed by atoms with E-state index in [9.17, 15) is 4.39 Å². The number of hydrogen-bond donors (Lipinski definition) is 1. The van der Waals surface area contributed by atoms with E-state index in [1.54, 1.807) is 12.1 Å². The first kappa shape index (κ1) is 11.6. The van der Waals surface area contributed by atoms with Crippen LogP contribution in [0.15, 0.2) is 36.4 Å². The van der Waals surface area contributed by atoms with E-state index >= 15 is 0 Å². The molecule has 2 aromatic rings. The van der Waals surface area contributed by atoms with E-state index in [1.165, 1.54) is 6.07 Å². The van der Waals surface area contributed by atoms with Crippen LogP contribution < -0.4 is 5.32 Å². The first-order valence-electron chi connectivity index (χ1n) is 5.55. The zero-order chi connectivity index (χ0) is 12.3. The van der Waals surface area contributed by atoms with Crippen molar-refractivity contribution in [1.82, 2.24) is 5.32 Å². The summed E-state index contributed by atoms with van der Waals surface area (Å²) in [6.07, 6.45) is 5.94. The van der Waals surface area contributed by atoms with Gasteiger partial charge in [-0.05, 0) is 24.1 Å². The third-order valence-electron chi connectivity index (χ3n) is 2.95. The molecule has 0 aliphatic heterocycles. The predicted octanol–water partition coefficient (Wildman–Crippen LogP) is 3.26. The largest absolute Gasteiger partial charge is 0.312 e. The van der Waals surface area contributed by atoms with Gasteiger partial charge in [-0.1, -0.05) is 30.3 Å². The summed E-state index contributed by atoms with van der Waals surface area (Å²) in [4.78, 5) is 0. The smallest absolute Gasteiger partial charge is 0.131 e. The van der Waals surface area contributed by atoms with Crippen molar-refractivity contribution in [2.24, 2.45) is 0 Å². The van der Waals surface area contributed by atoms with E-state index in [0.717, 1.165) is 10.9 Å². The molecule has 0 spiro atoms. The Kier molecular flexibility index (Phi) is 3.41. The standard InChI is InChI=1S/C15H14FN/c1-3-6-15(17-2)13-9-10-14(16)12-8-5-4-7-11(12)13/h1,4-5,7-10,15,17H,6H2,2H3. The Balaban J connectivity index is 2.62. The molecule has 0 saturated heterocycles. The minimum absolute atomic E-state index is 0.0606. The minimum atomic E-state index is -0.195. The van der Waals surface area contributed by atoms with E-state index in [-0.39, 0.29) is 11.9 Å². The second kappa shape index (κ2) is 4.99. The molecule has 0 aliphatic rings. The van der Waals surface area contributed by atoms with Crippen LogP contribution in [-0.2, 0) is 0 Å². The van der Waals surface area contributed by atoms with Crippen molar-refractivity contribution < 1.29 is 4.39 Å². The molecule has 86 valence electrons. The molecule has 2 heteroatoms. The van der Waals surface area contributed by atoms with Crippen LogP contribution in [-0.4, -0.2) is 7.05 Å². The lowest BCUT2D eigenvalue weighted by atomic mass is 9.97. The van der Waals surface area contributed by atoms with Gasteiger partial charge in [0.05, 0.1) is 0 Å². The van der Waals surface area contributed by atoms with Crippen molar-refractivity contribution in [2.45, 2.75) is 12.5 Å². The van der Waals surface area contributed by atoms with Gasteiger partial charge in [0.2, 0.25) is 0 Å². The van der Waals surface area contributed by atoms with Gasteiger partial charge in [0.25, 0.3) is 0 Å². The maximum absolute atomic E-state index is 13.7. The fourth-order valence-corrected chi connectivity index (χ4v) is 2.07.